The lowest BCUT2D eigenvalue weighted by Crippen LogP contribution is -2.36. The Morgan fingerprint density at radius 2 is 1.87 bits per heavy atom. The van der Waals surface area contributed by atoms with Gasteiger partial charge >= 0.3 is 0 Å². The Morgan fingerprint density at radius 1 is 1.13 bits per heavy atom. The molecule has 0 aromatic heterocycles. The van der Waals surface area contributed by atoms with Gasteiger partial charge in [0.05, 0.1) is 18.3 Å². The lowest BCUT2D eigenvalue weighted by atomic mass is 9.60. The van der Waals surface area contributed by atoms with Gasteiger partial charge in [-0.05, 0) is 91.6 Å². The van der Waals surface area contributed by atoms with Gasteiger partial charge < -0.3 is 15.3 Å². The van der Waals surface area contributed by atoms with Gasteiger partial charge in [0, 0.05) is 6.42 Å². The molecule has 3 heteroatoms. The standard InChI is InChI=1S/C27H44O3/c1-17(2)25(29)13-8-18(3)23-11-12-24-20(7-6-14-27(23,24)5)9-10-21-15-22(28)16-26(30)19(21)4/h9-10,17-18,22-26,28-30H,4,6-8,11-16H2,1-3,5H3/b20-9+,21-10-/t18-,22+,23?,24-,25+,26-,27+/m0/s1. The van der Waals surface area contributed by atoms with Crippen LogP contribution < -0.4 is 0 Å². The average molecular weight is 417 g/mol. The summed E-state index contributed by atoms with van der Waals surface area (Å²) in [4.78, 5) is 0. The highest BCUT2D eigenvalue weighted by atomic mass is 16.3. The van der Waals surface area contributed by atoms with E-state index in [0.29, 0.717) is 36.0 Å². The van der Waals surface area contributed by atoms with E-state index in [1.807, 2.05) is 0 Å². The highest BCUT2D eigenvalue weighted by molar-refractivity contribution is 5.38. The zero-order valence-corrected chi connectivity index (χ0v) is 19.6. The van der Waals surface area contributed by atoms with Crippen molar-refractivity contribution < 1.29 is 15.3 Å². The van der Waals surface area contributed by atoms with Crippen molar-refractivity contribution in [3.05, 3.63) is 35.5 Å². The van der Waals surface area contributed by atoms with Crippen molar-refractivity contribution in [1.29, 1.82) is 0 Å². The fourth-order valence-corrected chi connectivity index (χ4v) is 6.65. The number of aliphatic hydroxyl groups is 3. The van der Waals surface area contributed by atoms with Crippen LogP contribution in [0.25, 0.3) is 0 Å². The summed E-state index contributed by atoms with van der Waals surface area (Å²) < 4.78 is 0. The zero-order valence-electron chi connectivity index (χ0n) is 19.6. The predicted octanol–water partition coefficient (Wildman–Crippen LogP) is 5.56. The first-order valence-corrected chi connectivity index (χ1v) is 12.3. The molecule has 3 rings (SSSR count). The molecule has 30 heavy (non-hydrogen) atoms. The van der Waals surface area contributed by atoms with E-state index in [1.165, 1.54) is 25.7 Å². The first kappa shape index (κ1) is 23.8. The van der Waals surface area contributed by atoms with Crippen LogP contribution in [0.2, 0.25) is 0 Å². The van der Waals surface area contributed by atoms with Gasteiger partial charge in [0.1, 0.15) is 0 Å². The maximum Gasteiger partial charge on any atom is 0.0811 e. The van der Waals surface area contributed by atoms with Crippen molar-refractivity contribution in [2.24, 2.45) is 29.1 Å². The molecule has 0 amide bonds. The molecule has 3 saturated carbocycles. The molecular weight excluding hydrogens is 372 g/mol. The van der Waals surface area contributed by atoms with Gasteiger partial charge in [-0.2, -0.15) is 0 Å². The molecule has 170 valence electrons. The molecule has 0 heterocycles. The van der Waals surface area contributed by atoms with Crippen molar-refractivity contribution in [2.75, 3.05) is 0 Å². The molecule has 3 aliphatic carbocycles. The van der Waals surface area contributed by atoms with Crippen molar-refractivity contribution in [1.82, 2.24) is 0 Å². The molecule has 3 aliphatic rings. The molecule has 3 fully saturated rings. The lowest BCUT2D eigenvalue weighted by Gasteiger charge is -2.44. The van der Waals surface area contributed by atoms with Gasteiger partial charge in [0.2, 0.25) is 0 Å². The third kappa shape index (κ3) is 4.95. The fourth-order valence-electron chi connectivity index (χ4n) is 6.65. The second-order valence-electron chi connectivity index (χ2n) is 11.0. The van der Waals surface area contributed by atoms with E-state index < -0.39 is 12.2 Å². The Bertz CT molecular complexity index is 676. The van der Waals surface area contributed by atoms with E-state index in [0.717, 1.165) is 36.3 Å². The molecule has 3 N–H and O–H groups in total. The number of allylic oxidation sites excluding steroid dienone is 3. The molecule has 0 saturated heterocycles. The van der Waals surface area contributed by atoms with Crippen molar-refractivity contribution in [2.45, 2.75) is 104 Å². The Labute approximate surface area is 184 Å². The normalized spacial score (nSPS) is 39.5. The summed E-state index contributed by atoms with van der Waals surface area (Å²) in [5.41, 5.74) is 3.69. The second-order valence-corrected chi connectivity index (χ2v) is 11.0. The topological polar surface area (TPSA) is 60.7 Å². The Hall–Kier alpha value is -0.900. The maximum absolute atomic E-state index is 10.3. The minimum absolute atomic E-state index is 0.180. The summed E-state index contributed by atoms with van der Waals surface area (Å²) in [7, 11) is 0. The molecule has 1 unspecified atom stereocenters. The second kappa shape index (κ2) is 9.71. The maximum atomic E-state index is 10.3. The molecule has 0 radical (unpaired) electrons. The third-order valence-corrected chi connectivity index (χ3v) is 8.68. The first-order valence-electron chi connectivity index (χ1n) is 12.3. The fraction of sp³-hybridized carbons (Fsp3) is 0.778. The van der Waals surface area contributed by atoms with Crippen LogP contribution in [-0.4, -0.2) is 33.6 Å². The van der Waals surface area contributed by atoms with Crippen LogP contribution in [0, 0.1) is 29.1 Å². The molecule has 7 atom stereocenters. The molecule has 0 aromatic carbocycles. The van der Waals surface area contributed by atoms with Gasteiger partial charge in [-0.1, -0.05) is 52.0 Å². The minimum Gasteiger partial charge on any atom is -0.393 e. The molecule has 0 bridgehead atoms. The molecular formula is C27H44O3. The molecule has 0 spiro atoms. The summed E-state index contributed by atoms with van der Waals surface area (Å²) in [6.07, 6.45) is 12.4. The van der Waals surface area contributed by atoms with E-state index in [9.17, 15) is 15.3 Å². The Balaban J connectivity index is 1.72. The van der Waals surface area contributed by atoms with Crippen LogP contribution in [0.15, 0.2) is 35.5 Å². The number of hydrogen-bond donors (Lipinski definition) is 3. The number of rotatable bonds is 6. The van der Waals surface area contributed by atoms with Crippen LogP contribution in [-0.2, 0) is 0 Å². The van der Waals surface area contributed by atoms with E-state index in [2.05, 4.69) is 46.4 Å². The summed E-state index contributed by atoms with van der Waals surface area (Å²) in [5.74, 6) is 2.35. The van der Waals surface area contributed by atoms with Crippen LogP contribution in [0.1, 0.15) is 85.5 Å². The highest BCUT2D eigenvalue weighted by Crippen LogP contribution is 2.60. The van der Waals surface area contributed by atoms with Crippen LogP contribution in [0.3, 0.4) is 0 Å². The smallest absolute Gasteiger partial charge is 0.0811 e. The number of hydrogen-bond acceptors (Lipinski definition) is 3. The largest absolute Gasteiger partial charge is 0.393 e. The van der Waals surface area contributed by atoms with E-state index >= 15 is 0 Å². The quantitative estimate of drug-likeness (QED) is 0.531. The van der Waals surface area contributed by atoms with E-state index in [-0.39, 0.29) is 6.10 Å². The highest BCUT2D eigenvalue weighted by Gasteiger charge is 2.50. The zero-order chi connectivity index (χ0) is 22.1. The summed E-state index contributed by atoms with van der Waals surface area (Å²) in [6.45, 7) is 13.2. The van der Waals surface area contributed by atoms with Gasteiger partial charge in [-0.25, -0.2) is 0 Å². The monoisotopic (exact) mass is 416 g/mol. The SMILES string of the molecule is C=C1/C(=C\C=C2/CCC[C@]3(C)C([C@@H](C)CC[C@@H](O)C(C)C)CC[C@@H]23)C[C@@H](O)C[C@@H]1O. The van der Waals surface area contributed by atoms with Crippen molar-refractivity contribution in [3.8, 4) is 0 Å². The summed E-state index contributed by atoms with van der Waals surface area (Å²) >= 11 is 0. The molecule has 0 aliphatic heterocycles. The Morgan fingerprint density at radius 3 is 2.57 bits per heavy atom. The van der Waals surface area contributed by atoms with Gasteiger partial charge in [0.25, 0.3) is 0 Å². The Kier molecular flexibility index (Phi) is 7.69. The molecule has 3 nitrogen and oxygen atoms in total. The van der Waals surface area contributed by atoms with Gasteiger partial charge in [-0.3, -0.25) is 0 Å². The molecule has 0 aromatic rings. The van der Waals surface area contributed by atoms with Gasteiger partial charge in [-0.15, -0.1) is 0 Å². The van der Waals surface area contributed by atoms with Crippen molar-refractivity contribution >= 4 is 0 Å². The summed E-state index contributed by atoms with van der Waals surface area (Å²) in [5, 5.41) is 30.4. The first-order chi connectivity index (χ1) is 14.1. The minimum atomic E-state index is -0.618. The number of fused-ring (bicyclic) bond motifs is 1. The average Bonchev–Trinajstić information content (AvgIpc) is 3.04. The van der Waals surface area contributed by atoms with E-state index in [4.69, 9.17) is 0 Å². The van der Waals surface area contributed by atoms with Crippen LogP contribution in [0.4, 0.5) is 0 Å². The van der Waals surface area contributed by atoms with Crippen molar-refractivity contribution in [3.63, 3.8) is 0 Å². The van der Waals surface area contributed by atoms with E-state index in [1.54, 1.807) is 5.57 Å². The predicted molar refractivity (Wildman–Crippen MR) is 124 cm³/mol. The lowest BCUT2D eigenvalue weighted by molar-refractivity contribution is 0.0717. The van der Waals surface area contributed by atoms with Crippen LogP contribution >= 0.6 is 0 Å². The third-order valence-electron chi connectivity index (χ3n) is 8.68. The summed E-state index contributed by atoms with van der Waals surface area (Å²) in [6, 6.07) is 0. The van der Waals surface area contributed by atoms with Gasteiger partial charge in [0.15, 0.2) is 0 Å². The van der Waals surface area contributed by atoms with Crippen LogP contribution in [0.5, 0.6) is 0 Å². The number of aliphatic hydroxyl groups excluding tert-OH is 3.